The van der Waals surface area contributed by atoms with E-state index in [1.54, 1.807) is 12.1 Å². The van der Waals surface area contributed by atoms with Gasteiger partial charge in [-0.1, -0.05) is 13.8 Å². The van der Waals surface area contributed by atoms with Crippen molar-refractivity contribution in [2.45, 2.75) is 20.8 Å². The van der Waals surface area contributed by atoms with Gasteiger partial charge in [-0.25, -0.2) is 0 Å². The van der Waals surface area contributed by atoms with E-state index in [-0.39, 0.29) is 64.0 Å². The Bertz CT molecular complexity index is 206. The minimum absolute atomic E-state index is 0. The predicted molar refractivity (Wildman–Crippen MR) is 46.6 cm³/mol. The maximum Gasteiger partial charge on any atom is 1.00 e. The summed E-state index contributed by atoms with van der Waals surface area (Å²) in [5, 5.41) is 0. The molecule has 0 aromatic heterocycles. The molecule has 1 aromatic carbocycles. The first-order valence-electron chi connectivity index (χ1n) is 3.78. The summed E-state index contributed by atoms with van der Waals surface area (Å²) in [5.74, 6) is 0.0654. The SMILES string of the molecule is CC.CC(=O)c1[c-]cccc1.[Rb+]. The molecule has 0 aliphatic rings. The molecular weight excluding hydrogens is 222 g/mol. The number of carbonyl (C=O) groups excluding carboxylic acids is 1. The van der Waals surface area contributed by atoms with E-state index in [2.05, 4.69) is 6.07 Å². The summed E-state index contributed by atoms with van der Waals surface area (Å²) < 4.78 is 0. The Balaban J connectivity index is 0. The summed E-state index contributed by atoms with van der Waals surface area (Å²) in [5.41, 5.74) is 0.650. The molecule has 1 nitrogen and oxygen atoms in total. The van der Waals surface area contributed by atoms with Crippen molar-refractivity contribution in [2.75, 3.05) is 0 Å². The number of hydrogen-bond acceptors (Lipinski definition) is 1. The molecule has 60 valence electrons. The first-order valence-corrected chi connectivity index (χ1v) is 3.78. The Labute approximate surface area is 123 Å². The van der Waals surface area contributed by atoms with E-state index in [4.69, 9.17) is 0 Å². The van der Waals surface area contributed by atoms with Crippen molar-refractivity contribution >= 4 is 5.78 Å². The van der Waals surface area contributed by atoms with Crippen molar-refractivity contribution in [1.29, 1.82) is 0 Å². The molecule has 0 heterocycles. The molecule has 0 atom stereocenters. The zero-order valence-electron chi connectivity index (χ0n) is 8.22. The summed E-state index contributed by atoms with van der Waals surface area (Å²) in [6.45, 7) is 5.53. The Morgan fingerprint density at radius 3 is 2.17 bits per heavy atom. The molecule has 0 fully saturated rings. The first-order chi connectivity index (χ1) is 5.30. The molecule has 1 aromatic rings. The second-order valence-electron chi connectivity index (χ2n) is 1.83. The van der Waals surface area contributed by atoms with Gasteiger partial charge >= 0.3 is 58.2 Å². The fourth-order valence-electron chi connectivity index (χ4n) is 0.612. The third-order valence-electron chi connectivity index (χ3n) is 1.09. The predicted octanol–water partition coefficient (Wildman–Crippen LogP) is -0.280. The normalized spacial score (nSPS) is 7.25. The molecule has 0 bridgehead atoms. The number of ketones is 1. The molecule has 0 radical (unpaired) electrons. The average Bonchev–Trinajstić information content (AvgIpc) is 2.10. The van der Waals surface area contributed by atoms with Crippen LogP contribution in [0.4, 0.5) is 0 Å². The van der Waals surface area contributed by atoms with Gasteiger partial charge in [0, 0.05) is 0 Å². The Morgan fingerprint density at radius 1 is 1.33 bits per heavy atom. The van der Waals surface area contributed by atoms with E-state index in [0.717, 1.165) is 0 Å². The topological polar surface area (TPSA) is 17.1 Å². The van der Waals surface area contributed by atoms with Gasteiger partial charge in [0.05, 0.1) is 5.78 Å². The number of benzene rings is 1. The van der Waals surface area contributed by atoms with Gasteiger partial charge in [-0.3, -0.25) is 0 Å². The van der Waals surface area contributed by atoms with Gasteiger partial charge in [-0.05, 0) is 6.92 Å². The largest absolute Gasteiger partial charge is 1.00 e. The maximum absolute atomic E-state index is 10.6. The number of rotatable bonds is 1. The summed E-state index contributed by atoms with van der Waals surface area (Å²) in [6, 6.07) is 9.97. The van der Waals surface area contributed by atoms with Gasteiger partial charge in [0.1, 0.15) is 0 Å². The molecule has 12 heavy (non-hydrogen) atoms. The van der Waals surface area contributed by atoms with Crippen LogP contribution in [0.3, 0.4) is 0 Å². The standard InChI is InChI=1S/C8H7O.C2H6.Rb/c1-7(9)8-5-3-2-4-6-8;1-2;/h2-5H,1H3;1-2H3;/q-1;;+1. The minimum Gasteiger partial charge on any atom is -0.352 e. The molecule has 0 saturated carbocycles. The van der Waals surface area contributed by atoms with Crippen molar-refractivity contribution in [3.05, 3.63) is 35.9 Å². The molecule has 0 saturated heterocycles. The molecular formula is C10H13ORb. The zero-order valence-corrected chi connectivity index (χ0v) is 13.1. The Morgan fingerprint density at radius 2 is 1.92 bits per heavy atom. The van der Waals surface area contributed by atoms with Gasteiger partial charge in [-0.2, -0.15) is 0 Å². The molecule has 0 aliphatic carbocycles. The molecule has 0 unspecified atom stereocenters. The van der Waals surface area contributed by atoms with Crippen LogP contribution in [0, 0.1) is 6.07 Å². The van der Waals surface area contributed by atoms with Crippen molar-refractivity contribution in [3.63, 3.8) is 0 Å². The van der Waals surface area contributed by atoms with Crippen LogP contribution in [0.5, 0.6) is 0 Å². The van der Waals surface area contributed by atoms with Crippen molar-refractivity contribution in [3.8, 4) is 0 Å². The van der Waals surface area contributed by atoms with Crippen LogP contribution in [-0.2, 0) is 0 Å². The van der Waals surface area contributed by atoms with E-state index in [1.807, 2.05) is 26.0 Å². The average molecular weight is 235 g/mol. The molecule has 0 aliphatic heterocycles. The van der Waals surface area contributed by atoms with Crippen LogP contribution in [0.1, 0.15) is 31.1 Å². The molecule has 0 N–H and O–H groups in total. The van der Waals surface area contributed by atoms with Crippen LogP contribution < -0.4 is 58.2 Å². The summed E-state index contributed by atoms with van der Waals surface area (Å²) >= 11 is 0. The minimum atomic E-state index is 0. The van der Waals surface area contributed by atoms with Crippen LogP contribution in [0.2, 0.25) is 0 Å². The molecule has 1 rings (SSSR count). The third-order valence-corrected chi connectivity index (χ3v) is 1.09. The number of Topliss-reactive ketones (excluding diaryl/α,β-unsaturated/α-hetero) is 1. The summed E-state index contributed by atoms with van der Waals surface area (Å²) in [6.07, 6.45) is 0. The van der Waals surface area contributed by atoms with Crippen LogP contribution in [0.25, 0.3) is 0 Å². The van der Waals surface area contributed by atoms with E-state index in [9.17, 15) is 4.79 Å². The van der Waals surface area contributed by atoms with E-state index < -0.39 is 0 Å². The van der Waals surface area contributed by atoms with E-state index in [1.165, 1.54) is 6.92 Å². The third kappa shape index (κ3) is 6.24. The van der Waals surface area contributed by atoms with Gasteiger partial charge < -0.3 is 4.79 Å². The van der Waals surface area contributed by atoms with Crippen LogP contribution in [0.15, 0.2) is 24.3 Å². The van der Waals surface area contributed by atoms with E-state index in [0.29, 0.717) is 5.56 Å². The summed E-state index contributed by atoms with van der Waals surface area (Å²) in [4.78, 5) is 10.6. The second-order valence-corrected chi connectivity index (χ2v) is 1.83. The van der Waals surface area contributed by atoms with Gasteiger partial charge in [0.2, 0.25) is 0 Å². The van der Waals surface area contributed by atoms with E-state index >= 15 is 0 Å². The van der Waals surface area contributed by atoms with Gasteiger partial charge in [0.25, 0.3) is 0 Å². The van der Waals surface area contributed by atoms with Crippen molar-refractivity contribution in [1.82, 2.24) is 0 Å². The zero-order chi connectivity index (χ0) is 8.69. The number of carbonyl (C=O) groups is 1. The van der Waals surface area contributed by atoms with Crippen LogP contribution >= 0.6 is 0 Å². The smallest absolute Gasteiger partial charge is 0.352 e. The molecule has 0 spiro atoms. The summed E-state index contributed by atoms with van der Waals surface area (Å²) in [7, 11) is 0. The van der Waals surface area contributed by atoms with Gasteiger partial charge in [-0.15, -0.1) is 35.9 Å². The fraction of sp³-hybridized carbons (Fsp3) is 0.300. The Kier molecular flexibility index (Phi) is 12.4. The molecule has 2 heteroatoms. The Hall–Kier alpha value is 0.695. The second kappa shape index (κ2) is 9.78. The first kappa shape index (κ1) is 15.2. The maximum atomic E-state index is 10.6. The number of hydrogen-bond donors (Lipinski definition) is 0. The molecule has 0 amide bonds. The fourth-order valence-corrected chi connectivity index (χ4v) is 0.612. The van der Waals surface area contributed by atoms with Crippen molar-refractivity contribution in [2.24, 2.45) is 0 Å². The van der Waals surface area contributed by atoms with Crippen LogP contribution in [-0.4, -0.2) is 5.78 Å². The van der Waals surface area contributed by atoms with Gasteiger partial charge in [0.15, 0.2) is 0 Å². The monoisotopic (exact) mass is 234 g/mol. The quantitative estimate of drug-likeness (QED) is 0.483. The van der Waals surface area contributed by atoms with Crippen molar-refractivity contribution < 1.29 is 63.0 Å².